The van der Waals surface area contributed by atoms with Crippen molar-refractivity contribution in [3.05, 3.63) is 46.5 Å². The molecule has 7 nitrogen and oxygen atoms in total. The summed E-state index contributed by atoms with van der Waals surface area (Å²) in [7, 11) is 3.04. The van der Waals surface area contributed by atoms with Crippen LogP contribution in [0.5, 0.6) is 11.5 Å². The third-order valence-electron chi connectivity index (χ3n) is 2.38. The molecule has 2 rings (SSSR count). The summed E-state index contributed by atoms with van der Waals surface area (Å²) in [5, 5.41) is 0.821. The van der Waals surface area contributed by atoms with Gasteiger partial charge in [0.05, 0.1) is 28.0 Å². The molecule has 24 heavy (non-hydrogen) atoms. The van der Waals surface area contributed by atoms with Crippen LogP contribution in [0.1, 0.15) is 10.4 Å². The fourth-order valence-corrected chi connectivity index (χ4v) is 1.74. The Morgan fingerprint density at radius 1 is 1.00 bits per heavy atom. The molecule has 0 aliphatic carbocycles. The van der Waals surface area contributed by atoms with Gasteiger partial charge in [-0.05, 0) is 0 Å². The Hall–Kier alpha value is -1.93. The fraction of sp³-hybridized carbons (Fsp3) is 0.267. The number of halogens is 2. The van der Waals surface area contributed by atoms with Crippen LogP contribution in [0.2, 0.25) is 10.0 Å². The van der Waals surface area contributed by atoms with Gasteiger partial charge in [0, 0.05) is 32.7 Å². The van der Waals surface area contributed by atoms with Gasteiger partial charge in [-0.15, -0.1) is 0 Å². The Kier molecular flexibility index (Phi) is 9.71. The molecule has 9 heteroatoms. The van der Waals surface area contributed by atoms with Crippen molar-refractivity contribution in [2.45, 2.75) is 0 Å². The zero-order chi connectivity index (χ0) is 17.8. The topological polar surface area (TPSA) is 79.8 Å². The molecule has 0 aliphatic rings. The number of methoxy groups -OCH3 is 2. The zero-order valence-corrected chi connectivity index (χ0v) is 14.6. The number of carbonyl (C=O) groups is 1. The van der Waals surface area contributed by atoms with Gasteiger partial charge in [-0.2, -0.15) is 0 Å². The molecule has 0 aliphatic heterocycles. The Labute approximate surface area is 149 Å². The monoisotopic (exact) mass is 374 g/mol. The van der Waals surface area contributed by atoms with Crippen LogP contribution in [0.25, 0.3) is 0 Å². The lowest BCUT2D eigenvalue weighted by Crippen LogP contribution is -2.02. The Morgan fingerprint density at radius 3 is 2.29 bits per heavy atom. The predicted octanol–water partition coefficient (Wildman–Crippen LogP) is 3.25. The number of hydrogen-bond acceptors (Lipinski definition) is 7. The molecular formula is C15H16Cl2N2O5. The molecular weight excluding hydrogens is 359 g/mol. The van der Waals surface area contributed by atoms with Gasteiger partial charge in [0.1, 0.15) is 5.75 Å². The lowest BCUT2D eigenvalue weighted by molar-refractivity contribution is 0.0502. The van der Waals surface area contributed by atoms with E-state index in [2.05, 4.69) is 14.7 Å². The summed E-state index contributed by atoms with van der Waals surface area (Å²) >= 11 is 11.3. The van der Waals surface area contributed by atoms with Gasteiger partial charge < -0.3 is 18.9 Å². The number of nitrogens with zero attached hydrogens (tertiary/aromatic N) is 2. The predicted molar refractivity (Wildman–Crippen MR) is 88.9 cm³/mol. The highest BCUT2D eigenvalue weighted by molar-refractivity contribution is 6.33. The molecule has 0 radical (unpaired) electrons. The molecule has 0 atom stereocenters. The van der Waals surface area contributed by atoms with Crippen LogP contribution in [0.3, 0.4) is 0 Å². The van der Waals surface area contributed by atoms with E-state index in [1.165, 1.54) is 19.5 Å². The molecule has 0 spiro atoms. The van der Waals surface area contributed by atoms with E-state index in [1.54, 1.807) is 25.6 Å². The Morgan fingerprint density at radius 2 is 1.67 bits per heavy atom. The van der Waals surface area contributed by atoms with E-state index in [4.69, 9.17) is 37.4 Å². The molecule has 0 fully saturated rings. The van der Waals surface area contributed by atoms with E-state index in [1.807, 2.05) is 0 Å². The lowest BCUT2D eigenvalue weighted by atomic mass is 10.3. The van der Waals surface area contributed by atoms with Gasteiger partial charge in [-0.1, -0.05) is 23.2 Å². The van der Waals surface area contributed by atoms with Gasteiger partial charge in [-0.3, -0.25) is 14.8 Å². The van der Waals surface area contributed by atoms with Gasteiger partial charge in [0.2, 0.25) is 0 Å². The minimum Gasteiger partial charge on any atom is -0.466 e. The van der Waals surface area contributed by atoms with Gasteiger partial charge in [0.15, 0.2) is 25.6 Å². The molecule has 0 bridgehead atoms. The normalized spacial score (nSPS) is 9.67. The standard InChI is InChI=1S/C8H8ClNO3.C7H8ClNO2/c1-12-5-13-8-3-10-2-7(9)6(8)4-11;1-10-5-11-7-2-6(8)3-9-4-7/h2-4H,5H2,1H3;2-4H,5H2,1H3. The molecule has 0 saturated heterocycles. The molecule has 0 amide bonds. The number of ether oxygens (including phenoxy) is 4. The van der Waals surface area contributed by atoms with Crippen LogP contribution in [-0.4, -0.2) is 44.1 Å². The second-order valence-corrected chi connectivity index (χ2v) is 4.94. The maximum absolute atomic E-state index is 10.6. The first-order valence-electron chi connectivity index (χ1n) is 6.55. The van der Waals surface area contributed by atoms with Crippen LogP contribution in [0.4, 0.5) is 0 Å². The summed E-state index contributed by atoms with van der Waals surface area (Å²) in [5.41, 5.74) is 0.286. The smallest absolute Gasteiger partial charge is 0.188 e. The Balaban J connectivity index is 0.000000243. The average molecular weight is 375 g/mol. The number of aromatic nitrogens is 2. The Bertz CT molecular complexity index is 643. The first-order chi connectivity index (χ1) is 11.6. The van der Waals surface area contributed by atoms with E-state index in [0.717, 1.165) is 0 Å². The van der Waals surface area contributed by atoms with Crippen LogP contribution in [0.15, 0.2) is 30.9 Å². The van der Waals surface area contributed by atoms with E-state index in [-0.39, 0.29) is 24.2 Å². The van der Waals surface area contributed by atoms with Gasteiger partial charge in [0.25, 0.3) is 0 Å². The van der Waals surface area contributed by atoms with Crippen LogP contribution in [0, 0.1) is 0 Å². The molecule has 2 aromatic rings. The molecule has 130 valence electrons. The van der Waals surface area contributed by atoms with Crippen molar-refractivity contribution in [2.75, 3.05) is 27.8 Å². The third-order valence-corrected chi connectivity index (χ3v) is 2.88. The minimum atomic E-state index is 0.0584. The number of carbonyl (C=O) groups excluding carboxylic acids is 1. The molecule has 0 N–H and O–H groups in total. The summed E-state index contributed by atoms with van der Waals surface area (Å²) in [6, 6.07) is 1.67. The summed E-state index contributed by atoms with van der Waals surface area (Å²) in [6.07, 6.45) is 6.53. The van der Waals surface area contributed by atoms with Gasteiger partial charge in [-0.25, -0.2) is 0 Å². The van der Waals surface area contributed by atoms with Crippen LogP contribution >= 0.6 is 23.2 Å². The summed E-state index contributed by atoms with van der Waals surface area (Å²) in [6.45, 7) is 0.269. The maximum atomic E-state index is 10.6. The number of hydrogen-bond donors (Lipinski definition) is 0. The quantitative estimate of drug-likeness (QED) is 0.543. The molecule has 0 saturated carbocycles. The van der Waals surface area contributed by atoms with E-state index >= 15 is 0 Å². The molecule has 2 aromatic heterocycles. The van der Waals surface area contributed by atoms with E-state index < -0.39 is 0 Å². The molecule has 0 aromatic carbocycles. The van der Waals surface area contributed by atoms with Crippen LogP contribution in [-0.2, 0) is 9.47 Å². The maximum Gasteiger partial charge on any atom is 0.188 e. The SMILES string of the molecule is COCOc1cncc(Cl)c1.COCOc1cncc(Cl)c1C=O. The zero-order valence-electron chi connectivity index (χ0n) is 13.1. The third kappa shape index (κ3) is 7.10. The van der Waals surface area contributed by atoms with Crippen molar-refractivity contribution in [2.24, 2.45) is 0 Å². The highest BCUT2D eigenvalue weighted by Crippen LogP contribution is 2.22. The summed E-state index contributed by atoms with van der Waals surface area (Å²) < 4.78 is 19.5. The van der Waals surface area contributed by atoms with Gasteiger partial charge >= 0.3 is 0 Å². The van der Waals surface area contributed by atoms with Crippen molar-refractivity contribution in [3.63, 3.8) is 0 Å². The molecule has 2 heterocycles. The second kappa shape index (κ2) is 11.6. The first-order valence-corrected chi connectivity index (χ1v) is 7.30. The number of aldehydes is 1. The second-order valence-electron chi connectivity index (χ2n) is 4.09. The minimum absolute atomic E-state index is 0.0584. The molecule has 0 unspecified atom stereocenters. The average Bonchev–Trinajstić information content (AvgIpc) is 2.59. The highest BCUT2D eigenvalue weighted by atomic mass is 35.5. The van der Waals surface area contributed by atoms with Crippen molar-refractivity contribution in [1.82, 2.24) is 9.97 Å². The number of pyridine rings is 2. The van der Waals surface area contributed by atoms with Crippen molar-refractivity contribution >= 4 is 29.5 Å². The van der Waals surface area contributed by atoms with Crippen molar-refractivity contribution in [3.8, 4) is 11.5 Å². The van der Waals surface area contributed by atoms with Crippen molar-refractivity contribution in [1.29, 1.82) is 0 Å². The summed E-state index contributed by atoms with van der Waals surface area (Å²) in [4.78, 5) is 18.2. The van der Waals surface area contributed by atoms with E-state index in [9.17, 15) is 4.79 Å². The highest BCUT2D eigenvalue weighted by Gasteiger charge is 2.07. The van der Waals surface area contributed by atoms with E-state index in [0.29, 0.717) is 22.8 Å². The van der Waals surface area contributed by atoms with Crippen LogP contribution < -0.4 is 9.47 Å². The summed E-state index contributed by atoms with van der Waals surface area (Å²) in [5.74, 6) is 0.934. The number of rotatable bonds is 7. The van der Waals surface area contributed by atoms with Crippen molar-refractivity contribution < 1.29 is 23.7 Å². The largest absolute Gasteiger partial charge is 0.466 e. The lowest BCUT2D eigenvalue weighted by Gasteiger charge is -2.06. The fourth-order valence-electron chi connectivity index (χ4n) is 1.38. The first kappa shape index (κ1) is 20.1.